The summed E-state index contributed by atoms with van der Waals surface area (Å²) in [7, 11) is 2.17. The minimum atomic E-state index is -0.202. The lowest BCUT2D eigenvalue weighted by Crippen LogP contribution is -2.61. The molecule has 5 aliphatic rings. The van der Waals surface area contributed by atoms with E-state index in [-0.39, 0.29) is 29.4 Å². The van der Waals surface area contributed by atoms with Crippen LogP contribution in [0.3, 0.4) is 0 Å². The molecule has 2 aromatic rings. The van der Waals surface area contributed by atoms with E-state index in [2.05, 4.69) is 84.6 Å². The number of carbonyl (C=O) groups excluding carboxylic acids is 1. The number of nitrogens with one attached hydrogen (secondary N) is 1. The van der Waals surface area contributed by atoms with Crippen molar-refractivity contribution in [2.45, 2.75) is 43.8 Å². The van der Waals surface area contributed by atoms with Gasteiger partial charge in [0.15, 0.2) is 0 Å². The Balaban J connectivity index is 1.73. The van der Waals surface area contributed by atoms with Crippen LogP contribution in [0.5, 0.6) is 0 Å². The second kappa shape index (κ2) is 5.19. The van der Waals surface area contributed by atoms with Crippen molar-refractivity contribution in [1.82, 2.24) is 4.90 Å². The number of amides is 1. The first kappa shape index (κ1) is 16.2. The molecule has 0 radical (unpaired) electrons. The maximum atomic E-state index is 14.0. The third-order valence-corrected chi connectivity index (χ3v) is 7.32. The standard InChI is InChI=1S/C24H25N3O/c1-14(2)13-19-16-8-6-10-18-20(16)24-11-12-27(19)22(28)21(24)15-7-4-5-9-17(15)25-23(24)26(18)3/h4-10,13,19,21,23,25H,11-12H2,1-3H3/t19-,21-,23-,24-/m1/s1. The zero-order valence-electron chi connectivity index (χ0n) is 16.6. The van der Waals surface area contributed by atoms with E-state index in [0.717, 1.165) is 24.2 Å². The van der Waals surface area contributed by atoms with Crippen LogP contribution in [-0.4, -0.2) is 30.6 Å². The van der Waals surface area contributed by atoms with Crippen LogP contribution in [0.25, 0.3) is 0 Å². The first-order valence-corrected chi connectivity index (χ1v) is 10.2. The van der Waals surface area contributed by atoms with Crippen molar-refractivity contribution in [3.05, 3.63) is 70.8 Å². The number of hydrogen-bond donors (Lipinski definition) is 1. The molecule has 4 nitrogen and oxygen atoms in total. The molecule has 142 valence electrons. The number of allylic oxidation sites excluding steroid dienone is 1. The highest BCUT2D eigenvalue weighted by Crippen LogP contribution is 2.64. The number of para-hydroxylation sites is 1. The van der Waals surface area contributed by atoms with Gasteiger partial charge < -0.3 is 15.1 Å². The molecule has 2 aromatic carbocycles. The molecule has 1 N–H and O–H groups in total. The van der Waals surface area contributed by atoms with Gasteiger partial charge in [-0.25, -0.2) is 0 Å². The van der Waals surface area contributed by atoms with Crippen LogP contribution < -0.4 is 10.2 Å². The van der Waals surface area contributed by atoms with Crippen LogP contribution >= 0.6 is 0 Å². The van der Waals surface area contributed by atoms with Crippen molar-refractivity contribution in [2.24, 2.45) is 0 Å². The van der Waals surface area contributed by atoms with E-state index in [9.17, 15) is 4.79 Å². The number of hydrogen-bond acceptors (Lipinski definition) is 3. The molecule has 0 aliphatic carbocycles. The van der Waals surface area contributed by atoms with Gasteiger partial charge in [-0.15, -0.1) is 0 Å². The summed E-state index contributed by atoms with van der Waals surface area (Å²) in [4.78, 5) is 18.5. The Morgan fingerprint density at radius 3 is 2.75 bits per heavy atom. The number of piperidine rings is 1. The Labute approximate surface area is 165 Å². The third-order valence-electron chi connectivity index (χ3n) is 7.32. The predicted molar refractivity (Wildman–Crippen MR) is 112 cm³/mol. The van der Waals surface area contributed by atoms with Crippen LogP contribution in [0.4, 0.5) is 11.4 Å². The average molecular weight is 371 g/mol. The van der Waals surface area contributed by atoms with Gasteiger partial charge in [-0.2, -0.15) is 0 Å². The Bertz CT molecular complexity index is 1050. The van der Waals surface area contributed by atoms with E-state index in [1.807, 2.05) is 0 Å². The second-order valence-corrected chi connectivity index (χ2v) is 8.93. The Hall–Kier alpha value is -2.75. The van der Waals surface area contributed by atoms with Gasteiger partial charge in [0.25, 0.3) is 0 Å². The number of fused-ring (bicyclic) bond motifs is 2. The highest BCUT2D eigenvalue weighted by molar-refractivity contribution is 5.94. The van der Waals surface area contributed by atoms with E-state index in [1.165, 1.54) is 22.4 Å². The molecule has 1 amide bonds. The number of carbonyl (C=O) groups is 1. The minimum Gasteiger partial charge on any atom is -0.364 e. The van der Waals surface area contributed by atoms with Gasteiger partial charge in [0.1, 0.15) is 6.17 Å². The van der Waals surface area contributed by atoms with Crippen molar-refractivity contribution in [3.63, 3.8) is 0 Å². The van der Waals surface area contributed by atoms with E-state index in [1.54, 1.807) is 0 Å². The van der Waals surface area contributed by atoms with Crippen LogP contribution in [0.2, 0.25) is 0 Å². The van der Waals surface area contributed by atoms with Gasteiger partial charge in [-0.1, -0.05) is 42.0 Å². The van der Waals surface area contributed by atoms with Crippen LogP contribution in [0.15, 0.2) is 54.1 Å². The first-order chi connectivity index (χ1) is 13.5. The monoisotopic (exact) mass is 371 g/mol. The molecule has 7 rings (SSSR count). The lowest BCUT2D eigenvalue weighted by atomic mass is 9.61. The van der Waals surface area contributed by atoms with Crippen molar-refractivity contribution in [3.8, 4) is 0 Å². The van der Waals surface area contributed by atoms with Crippen molar-refractivity contribution < 1.29 is 4.79 Å². The lowest BCUT2D eigenvalue weighted by Gasteiger charge is -2.51. The molecule has 4 heteroatoms. The molecular formula is C24H25N3O. The highest BCUT2D eigenvalue weighted by Gasteiger charge is 2.65. The van der Waals surface area contributed by atoms with Crippen LogP contribution in [0.1, 0.15) is 48.9 Å². The number of rotatable bonds is 1. The van der Waals surface area contributed by atoms with E-state index in [0.29, 0.717) is 0 Å². The second-order valence-electron chi connectivity index (χ2n) is 8.93. The summed E-state index contributed by atoms with van der Waals surface area (Å²) in [6, 6.07) is 15.0. The van der Waals surface area contributed by atoms with Gasteiger partial charge in [-0.05, 0) is 49.1 Å². The molecule has 4 atom stereocenters. The molecular weight excluding hydrogens is 346 g/mol. The summed E-state index contributed by atoms with van der Waals surface area (Å²) in [6.07, 6.45) is 3.38. The number of nitrogens with zero attached hydrogens (tertiary/aromatic N) is 2. The molecule has 0 saturated carbocycles. The Morgan fingerprint density at radius 1 is 1.14 bits per heavy atom. The number of likely N-dealkylation sites (N-methyl/N-ethyl adjacent to an activating group) is 1. The van der Waals surface area contributed by atoms with Crippen molar-refractivity contribution in [1.29, 1.82) is 0 Å². The zero-order chi connectivity index (χ0) is 19.2. The topological polar surface area (TPSA) is 35.6 Å². The molecule has 1 spiro atoms. The Morgan fingerprint density at radius 2 is 1.93 bits per heavy atom. The maximum Gasteiger partial charge on any atom is 0.232 e. The van der Waals surface area contributed by atoms with Crippen LogP contribution in [0, 0.1) is 0 Å². The lowest BCUT2D eigenvalue weighted by molar-refractivity contribution is -0.139. The van der Waals surface area contributed by atoms with Gasteiger partial charge in [0.2, 0.25) is 5.91 Å². The molecule has 0 aromatic heterocycles. The van der Waals surface area contributed by atoms with Crippen LogP contribution in [-0.2, 0) is 10.2 Å². The molecule has 1 saturated heterocycles. The fraction of sp³-hybridized carbons (Fsp3) is 0.375. The Kier molecular flexibility index (Phi) is 3.01. The smallest absolute Gasteiger partial charge is 0.232 e. The predicted octanol–water partition coefficient (Wildman–Crippen LogP) is 4.16. The quantitative estimate of drug-likeness (QED) is 0.765. The zero-order valence-corrected chi connectivity index (χ0v) is 16.6. The summed E-state index contributed by atoms with van der Waals surface area (Å²) >= 11 is 0. The van der Waals surface area contributed by atoms with Crippen molar-refractivity contribution >= 4 is 17.3 Å². The van der Waals surface area contributed by atoms with Crippen molar-refractivity contribution in [2.75, 3.05) is 23.8 Å². The van der Waals surface area contributed by atoms with Gasteiger partial charge in [0, 0.05) is 25.0 Å². The third kappa shape index (κ3) is 1.70. The summed E-state index contributed by atoms with van der Waals surface area (Å²) < 4.78 is 0. The molecule has 5 aliphatic heterocycles. The summed E-state index contributed by atoms with van der Waals surface area (Å²) in [6.45, 7) is 5.07. The maximum absolute atomic E-state index is 14.0. The summed E-state index contributed by atoms with van der Waals surface area (Å²) in [5, 5.41) is 3.81. The average Bonchev–Trinajstić information content (AvgIpc) is 2.79. The summed E-state index contributed by atoms with van der Waals surface area (Å²) in [5.74, 6) is 0.161. The molecule has 0 unspecified atom stereocenters. The molecule has 2 bridgehead atoms. The number of anilines is 2. The van der Waals surface area contributed by atoms with E-state index in [4.69, 9.17) is 0 Å². The molecule has 5 heterocycles. The minimum absolute atomic E-state index is 0.0248. The number of benzene rings is 2. The highest BCUT2D eigenvalue weighted by atomic mass is 16.2. The SMILES string of the molecule is CC(C)=C[C@@H]1c2cccc3c2[C@]24CCN1C(=O)[C@H]2c1ccccc1N[C@@H]4N3C. The molecule has 1 fully saturated rings. The molecule has 28 heavy (non-hydrogen) atoms. The first-order valence-electron chi connectivity index (χ1n) is 10.2. The van der Waals surface area contributed by atoms with Gasteiger partial charge >= 0.3 is 0 Å². The van der Waals surface area contributed by atoms with Gasteiger partial charge in [0.05, 0.1) is 17.4 Å². The fourth-order valence-electron chi connectivity index (χ4n) is 6.34. The normalized spacial score (nSPS) is 31.1. The van der Waals surface area contributed by atoms with E-state index >= 15 is 0 Å². The van der Waals surface area contributed by atoms with Gasteiger partial charge in [-0.3, -0.25) is 4.79 Å². The summed E-state index contributed by atoms with van der Waals surface area (Å²) in [5.41, 5.74) is 7.28. The fourth-order valence-corrected chi connectivity index (χ4v) is 6.34. The largest absolute Gasteiger partial charge is 0.364 e. The van der Waals surface area contributed by atoms with E-state index < -0.39 is 0 Å².